The summed E-state index contributed by atoms with van der Waals surface area (Å²) in [5.41, 5.74) is 7.71. The molecule has 1 aromatic carbocycles. The highest BCUT2D eigenvalue weighted by atomic mass is 79.9. The number of aryl methyl sites for hydroxylation is 1. The molecular weight excluding hydrogens is 316 g/mol. The van der Waals surface area contributed by atoms with Gasteiger partial charge in [-0.15, -0.1) is 0 Å². The molecule has 0 aliphatic heterocycles. The topological polar surface area (TPSA) is 55.1 Å². The van der Waals surface area contributed by atoms with E-state index in [9.17, 15) is 4.79 Å². The van der Waals surface area contributed by atoms with Gasteiger partial charge in [0.05, 0.1) is 0 Å². The third-order valence-corrected chi connectivity index (χ3v) is 4.70. The molecule has 0 spiro atoms. The van der Waals surface area contributed by atoms with Crippen molar-refractivity contribution < 1.29 is 4.79 Å². The highest BCUT2D eigenvalue weighted by Gasteiger charge is 2.24. The minimum Gasteiger partial charge on any atom is -0.368 e. The Labute approximate surface area is 129 Å². The molecule has 110 valence electrons. The molecule has 3 nitrogen and oxygen atoms in total. The molecule has 0 aromatic heterocycles. The predicted molar refractivity (Wildman–Crippen MR) is 85.4 cm³/mol. The smallest absolute Gasteiger partial charge is 0.239 e. The van der Waals surface area contributed by atoms with Gasteiger partial charge in [-0.3, -0.25) is 10.1 Å². The van der Waals surface area contributed by atoms with E-state index in [0.29, 0.717) is 6.04 Å². The molecule has 1 atom stereocenters. The molecule has 2 rings (SSSR count). The quantitative estimate of drug-likeness (QED) is 0.824. The zero-order valence-electron chi connectivity index (χ0n) is 12.0. The van der Waals surface area contributed by atoms with Crippen LogP contribution < -0.4 is 11.1 Å². The Bertz CT molecular complexity index is 468. The summed E-state index contributed by atoms with van der Waals surface area (Å²) >= 11 is 3.55. The van der Waals surface area contributed by atoms with E-state index in [0.717, 1.165) is 22.9 Å². The van der Waals surface area contributed by atoms with Crippen molar-refractivity contribution in [1.29, 1.82) is 0 Å². The normalized spacial score (nSPS) is 18.5. The zero-order chi connectivity index (χ0) is 14.5. The summed E-state index contributed by atoms with van der Waals surface area (Å²) in [5.74, 6) is -0.307. The third-order valence-electron chi connectivity index (χ3n) is 4.01. The molecule has 3 N–H and O–H groups in total. The lowest BCUT2D eigenvalue weighted by molar-refractivity contribution is -0.120. The number of hydrogen-bond donors (Lipinski definition) is 2. The second-order valence-electron chi connectivity index (χ2n) is 5.72. The summed E-state index contributed by atoms with van der Waals surface area (Å²) in [7, 11) is 0. The molecule has 4 heteroatoms. The van der Waals surface area contributed by atoms with E-state index in [1.54, 1.807) is 0 Å². The Hall–Kier alpha value is -0.870. The second kappa shape index (κ2) is 7.23. The zero-order valence-corrected chi connectivity index (χ0v) is 13.6. The molecule has 1 unspecified atom stereocenters. The number of hydrogen-bond acceptors (Lipinski definition) is 2. The molecule has 0 heterocycles. The summed E-state index contributed by atoms with van der Waals surface area (Å²) in [4.78, 5) is 11.8. The highest BCUT2D eigenvalue weighted by molar-refractivity contribution is 9.10. The van der Waals surface area contributed by atoms with Crippen molar-refractivity contribution in [3.8, 4) is 0 Å². The average Bonchev–Trinajstić information content (AvgIpc) is 2.65. The summed E-state index contributed by atoms with van der Waals surface area (Å²) in [6.07, 6.45) is 7.33. The number of nitrogens with two attached hydrogens (primary N) is 1. The monoisotopic (exact) mass is 338 g/mol. The van der Waals surface area contributed by atoms with Crippen LogP contribution >= 0.6 is 15.9 Å². The van der Waals surface area contributed by atoms with Crippen LogP contribution in [0.2, 0.25) is 0 Å². The van der Waals surface area contributed by atoms with Gasteiger partial charge in [0.2, 0.25) is 5.91 Å². The number of nitrogens with one attached hydrogen (secondary N) is 1. The van der Waals surface area contributed by atoms with Gasteiger partial charge in [0.15, 0.2) is 0 Å². The Morgan fingerprint density at radius 2 is 1.95 bits per heavy atom. The van der Waals surface area contributed by atoms with Gasteiger partial charge in [-0.1, -0.05) is 53.7 Å². The molecule has 0 radical (unpaired) electrons. The largest absolute Gasteiger partial charge is 0.368 e. The molecule has 1 aromatic rings. The molecule has 20 heavy (non-hydrogen) atoms. The predicted octanol–water partition coefficient (Wildman–Crippen LogP) is 3.60. The van der Waals surface area contributed by atoms with Gasteiger partial charge in [-0.2, -0.15) is 0 Å². The summed E-state index contributed by atoms with van der Waals surface area (Å²) < 4.78 is 0.947. The van der Waals surface area contributed by atoms with Crippen LogP contribution in [0.1, 0.15) is 55.7 Å². The summed E-state index contributed by atoms with van der Waals surface area (Å²) in [5, 5.41) is 3.47. The average molecular weight is 339 g/mol. The van der Waals surface area contributed by atoms with Gasteiger partial charge in [0, 0.05) is 10.5 Å². The van der Waals surface area contributed by atoms with Crippen molar-refractivity contribution in [2.75, 3.05) is 0 Å². The van der Waals surface area contributed by atoms with Crippen LogP contribution in [0, 0.1) is 6.92 Å². The van der Waals surface area contributed by atoms with Gasteiger partial charge >= 0.3 is 0 Å². The summed E-state index contributed by atoms with van der Waals surface area (Å²) in [6, 6.07) is 6.01. The highest BCUT2D eigenvalue weighted by Crippen LogP contribution is 2.27. The molecule has 0 bridgehead atoms. The van der Waals surface area contributed by atoms with E-state index in [1.165, 1.54) is 31.2 Å². The standard InChI is InChI=1S/C16H23BrN2O/c1-11-8-9-13(14(17)10-11)15(16(18)20)19-12-6-4-2-3-5-7-12/h8-10,12,15,19H,2-7H2,1H3,(H2,18,20). The van der Waals surface area contributed by atoms with Gasteiger partial charge < -0.3 is 5.73 Å². The van der Waals surface area contributed by atoms with Crippen molar-refractivity contribution in [2.24, 2.45) is 5.73 Å². The van der Waals surface area contributed by atoms with Crippen molar-refractivity contribution in [2.45, 2.75) is 57.5 Å². The van der Waals surface area contributed by atoms with Gasteiger partial charge in [0.25, 0.3) is 0 Å². The molecular formula is C16H23BrN2O. The lowest BCUT2D eigenvalue weighted by Gasteiger charge is -2.24. The minimum absolute atomic E-state index is 0.307. The van der Waals surface area contributed by atoms with Crippen molar-refractivity contribution in [3.05, 3.63) is 33.8 Å². The van der Waals surface area contributed by atoms with Gasteiger partial charge in [-0.05, 0) is 37.0 Å². The lowest BCUT2D eigenvalue weighted by Crippen LogP contribution is -2.40. The first-order chi connectivity index (χ1) is 9.58. The first kappa shape index (κ1) is 15.5. The minimum atomic E-state index is -0.409. The molecule has 0 saturated heterocycles. The number of primary amides is 1. The maximum Gasteiger partial charge on any atom is 0.239 e. The molecule has 1 saturated carbocycles. The summed E-state index contributed by atoms with van der Waals surface area (Å²) in [6.45, 7) is 2.03. The number of carbonyl (C=O) groups is 1. The van der Waals surface area contributed by atoms with E-state index >= 15 is 0 Å². The van der Waals surface area contributed by atoms with Crippen LogP contribution in [-0.4, -0.2) is 11.9 Å². The Morgan fingerprint density at radius 3 is 2.50 bits per heavy atom. The first-order valence-electron chi connectivity index (χ1n) is 7.39. The van der Waals surface area contributed by atoms with Gasteiger partial charge in [-0.25, -0.2) is 0 Å². The maximum atomic E-state index is 11.8. The number of amides is 1. The number of carbonyl (C=O) groups excluding carboxylic acids is 1. The SMILES string of the molecule is Cc1ccc(C(NC2CCCCCC2)C(N)=O)c(Br)c1. The van der Waals surface area contributed by atoms with Crippen LogP contribution in [0.5, 0.6) is 0 Å². The van der Waals surface area contributed by atoms with E-state index < -0.39 is 6.04 Å². The van der Waals surface area contributed by atoms with Crippen LogP contribution in [0.15, 0.2) is 22.7 Å². The Morgan fingerprint density at radius 1 is 1.30 bits per heavy atom. The number of rotatable bonds is 4. The second-order valence-corrected chi connectivity index (χ2v) is 6.57. The molecule has 1 amide bonds. The molecule has 1 aliphatic rings. The van der Waals surface area contributed by atoms with Crippen molar-refractivity contribution in [3.63, 3.8) is 0 Å². The first-order valence-corrected chi connectivity index (χ1v) is 8.18. The Kier molecular flexibility index (Phi) is 5.61. The van der Waals surface area contributed by atoms with Crippen LogP contribution in [0.3, 0.4) is 0 Å². The number of benzene rings is 1. The fourth-order valence-electron chi connectivity index (χ4n) is 2.87. The van der Waals surface area contributed by atoms with E-state index in [4.69, 9.17) is 5.73 Å². The van der Waals surface area contributed by atoms with Crippen LogP contribution in [0.4, 0.5) is 0 Å². The lowest BCUT2D eigenvalue weighted by atomic mass is 10.0. The molecule has 1 aliphatic carbocycles. The number of halogens is 1. The van der Waals surface area contributed by atoms with E-state index in [-0.39, 0.29) is 5.91 Å². The molecule has 1 fully saturated rings. The Balaban J connectivity index is 2.15. The fourth-order valence-corrected chi connectivity index (χ4v) is 3.60. The van der Waals surface area contributed by atoms with Crippen LogP contribution in [0.25, 0.3) is 0 Å². The fraction of sp³-hybridized carbons (Fsp3) is 0.562. The van der Waals surface area contributed by atoms with Crippen LogP contribution in [-0.2, 0) is 4.79 Å². The third kappa shape index (κ3) is 4.06. The maximum absolute atomic E-state index is 11.8. The van der Waals surface area contributed by atoms with Gasteiger partial charge in [0.1, 0.15) is 6.04 Å². The van der Waals surface area contributed by atoms with Crippen molar-refractivity contribution >= 4 is 21.8 Å². The van der Waals surface area contributed by atoms with E-state index in [1.807, 2.05) is 25.1 Å². The van der Waals surface area contributed by atoms with E-state index in [2.05, 4.69) is 21.2 Å². The van der Waals surface area contributed by atoms with Crippen molar-refractivity contribution in [1.82, 2.24) is 5.32 Å².